The van der Waals surface area contributed by atoms with Gasteiger partial charge in [-0.05, 0) is 49.4 Å². The molecule has 0 fully saturated rings. The number of ether oxygens (including phenoxy) is 1. The number of aromatic nitrogens is 2. The number of hydrogen-bond acceptors (Lipinski definition) is 5. The van der Waals surface area contributed by atoms with E-state index in [1.807, 2.05) is 31.3 Å². The first-order chi connectivity index (χ1) is 15.1. The van der Waals surface area contributed by atoms with Gasteiger partial charge in [0.25, 0.3) is 5.91 Å². The minimum Gasteiger partial charge on any atom is -0.496 e. The molecule has 1 atom stereocenters. The number of methoxy groups -OCH3 is 1. The molecule has 1 aliphatic carbocycles. The quantitative estimate of drug-likeness (QED) is 0.613. The number of anilines is 1. The molecule has 0 saturated heterocycles. The van der Waals surface area contributed by atoms with Crippen LogP contribution in [0.5, 0.6) is 5.75 Å². The van der Waals surface area contributed by atoms with Gasteiger partial charge in [0.15, 0.2) is 0 Å². The molecule has 0 radical (unpaired) electrons. The first-order valence-corrected chi connectivity index (χ1v) is 10.7. The largest absolute Gasteiger partial charge is 0.496 e. The Morgan fingerprint density at radius 2 is 1.90 bits per heavy atom. The van der Waals surface area contributed by atoms with E-state index in [1.165, 1.54) is 5.56 Å². The second-order valence-electron chi connectivity index (χ2n) is 7.90. The Bertz CT molecular complexity index is 1050. The maximum atomic E-state index is 13.0. The smallest absolute Gasteiger partial charge is 0.255 e. The first kappa shape index (κ1) is 20.8. The molecule has 6 nitrogen and oxygen atoms in total. The normalized spacial score (nSPS) is 17.5. The Kier molecular flexibility index (Phi) is 6.16. The molecule has 1 heterocycles. The Hall–Kier alpha value is -3.41. The van der Waals surface area contributed by atoms with E-state index in [4.69, 9.17) is 9.72 Å². The van der Waals surface area contributed by atoms with Crippen LogP contribution in [0.1, 0.15) is 40.5 Å². The molecule has 2 aromatic carbocycles. The van der Waals surface area contributed by atoms with Crippen LogP contribution in [0.2, 0.25) is 0 Å². The van der Waals surface area contributed by atoms with Crippen LogP contribution < -0.4 is 15.4 Å². The predicted octanol–water partition coefficient (Wildman–Crippen LogP) is 3.77. The summed E-state index contributed by atoms with van der Waals surface area (Å²) in [7, 11) is 1.58. The highest BCUT2D eigenvalue weighted by molar-refractivity contribution is 5.97. The van der Waals surface area contributed by atoms with Crippen molar-refractivity contribution in [3.63, 3.8) is 0 Å². The number of rotatable bonds is 7. The van der Waals surface area contributed by atoms with E-state index in [9.17, 15) is 4.79 Å². The fourth-order valence-corrected chi connectivity index (χ4v) is 4.33. The number of carbonyl (C=O) groups excluding carboxylic acids is 1. The zero-order chi connectivity index (χ0) is 21.7. The lowest BCUT2D eigenvalue weighted by atomic mass is 9.68. The predicted molar refractivity (Wildman–Crippen MR) is 122 cm³/mol. The van der Waals surface area contributed by atoms with Crippen molar-refractivity contribution in [1.82, 2.24) is 15.3 Å². The molecule has 2 N–H and O–H groups in total. The fourth-order valence-electron chi connectivity index (χ4n) is 4.33. The van der Waals surface area contributed by atoms with E-state index in [0.717, 1.165) is 37.1 Å². The molecular formula is C25H28N4O2. The second-order valence-corrected chi connectivity index (χ2v) is 7.90. The Morgan fingerprint density at radius 3 is 2.68 bits per heavy atom. The number of carbonyl (C=O) groups is 1. The van der Waals surface area contributed by atoms with Gasteiger partial charge in [-0.1, -0.05) is 42.5 Å². The number of aryl methyl sites for hydroxylation is 1. The van der Waals surface area contributed by atoms with E-state index in [0.29, 0.717) is 23.8 Å². The second kappa shape index (κ2) is 9.16. The summed E-state index contributed by atoms with van der Waals surface area (Å²) in [6, 6.07) is 17.7. The average Bonchev–Trinajstić information content (AvgIpc) is 2.83. The van der Waals surface area contributed by atoms with Crippen LogP contribution in [0, 0.1) is 0 Å². The summed E-state index contributed by atoms with van der Waals surface area (Å²) >= 11 is 0. The fraction of sp³-hybridized carbons (Fsp3) is 0.320. The van der Waals surface area contributed by atoms with Gasteiger partial charge < -0.3 is 15.4 Å². The summed E-state index contributed by atoms with van der Waals surface area (Å²) < 4.78 is 5.36. The molecule has 0 aliphatic heterocycles. The van der Waals surface area contributed by atoms with Crippen molar-refractivity contribution in [2.45, 2.75) is 31.6 Å². The summed E-state index contributed by atoms with van der Waals surface area (Å²) in [5.74, 6) is 1.13. The van der Waals surface area contributed by atoms with Crippen LogP contribution in [-0.2, 0) is 18.3 Å². The number of nitrogens with one attached hydrogen (secondary N) is 2. The van der Waals surface area contributed by atoms with Crippen molar-refractivity contribution in [3.8, 4) is 5.75 Å². The average molecular weight is 417 g/mol. The first-order valence-electron chi connectivity index (χ1n) is 10.7. The van der Waals surface area contributed by atoms with E-state index >= 15 is 0 Å². The van der Waals surface area contributed by atoms with Gasteiger partial charge in [0.1, 0.15) is 5.75 Å². The van der Waals surface area contributed by atoms with E-state index < -0.39 is 0 Å². The number of benzene rings is 2. The van der Waals surface area contributed by atoms with Gasteiger partial charge in [0, 0.05) is 30.4 Å². The SMILES string of the molecule is CCNc1ncc2c(n1)CCC(CNC(=O)c1ccccc1OC)(c1ccccc1)C2. The minimum atomic E-state index is -0.213. The van der Waals surface area contributed by atoms with Gasteiger partial charge in [0.05, 0.1) is 12.7 Å². The summed E-state index contributed by atoms with van der Waals surface area (Å²) in [5, 5.41) is 6.36. The molecule has 0 saturated carbocycles. The Balaban J connectivity index is 1.61. The van der Waals surface area contributed by atoms with E-state index in [1.54, 1.807) is 19.2 Å². The zero-order valence-electron chi connectivity index (χ0n) is 18.0. The van der Waals surface area contributed by atoms with Crippen molar-refractivity contribution in [3.05, 3.63) is 83.2 Å². The highest BCUT2D eigenvalue weighted by Crippen LogP contribution is 2.38. The molecule has 4 rings (SSSR count). The lowest BCUT2D eigenvalue weighted by molar-refractivity contribution is 0.0937. The summed E-state index contributed by atoms with van der Waals surface area (Å²) in [4.78, 5) is 22.2. The number of nitrogens with zero attached hydrogens (tertiary/aromatic N) is 2. The Labute approximate surface area is 183 Å². The molecule has 0 bridgehead atoms. The van der Waals surface area contributed by atoms with Crippen LogP contribution in [0.4, 0.5) is 5.95 Å². The van der Waals surface area contributed by atoms with Gasteiger partial charge >= 0.3 is 0 Å². The minimum absolute atomic E-state index is 0.128. The van der Waals surface area contributed by atoms with Crippen molar-refractivity contribution >= 4 is 11.9 Å². The van der Waals surface area contributed by atoms with Crippen LogP contribution in [0.15, 0.2) is 60.8 Å². The lowest BCUT2D eigenvalue weighted by Crippen LogP contribution is -2.45. The van der Waals surface area contributed by atoms with Crippen molar-refractivity contribution in [1.29, 1.82) is 0 Å². The highest BCUT2D eigenvalue weighted by atomic mass is 16.5. The van der Waals surface area contributed by atoms with Gasteiger partial charge in [-0.25, -0.2) is 9.97 Å². The monoisotopic (exact) mass is 416 g/mol. The molecule has 6 heteroatoms. The summed E-state index contributed by atoms with van der Waals surface area (Å²) in [6.45, 7) is 3.36. The number of fused-ring (bicyclic) bond motifs is 1. The Morgan fingerprint density at radius 1 is 1.13 bits per heavy atom. The third-order valence-corrected chi connectivity index (χ3v) is 5.98. The molecule has 1 aromatic heterocycles. The zero-order valence-corrected chi connectivity index (χ0v) is 18.0. The van der Waals surface area contributed by atoms with Crippen LogP contribution >= 0.6 is 0 Å². The van der Waals surface area contributed by atoms with E-state index in [-0.39, 0.29) is 11.3 Å². The van der Waals surface area contributed by atoms with Crippen molar-refractivity contribution < 1.29 is 9.53 Å². The topological polar surface area (TPSA) is 76.1 Å². The number of hydrogen-bond donors (Lipinski definition) is 2. The number of para-hydroxylation sites is 1. The molecule has 1 unspecified atom stereocenters. The maximum Gasteiger partial charge on any atom is 0.255 e. The van der Waals surface area contributed by atoms with Gasteiger partial charge in [-0.3, -0.25) is 4.79 Å². The molecule has 1 amide bonds. The number of amides is 1. The lowest BCUT2D eigenvalue weighted by Gasteiger charge is -2.38. The summed E-state index contributed by atoms with van der Waals surface area (Å²) in [6.07, 6.45) is 4.46. The highest BCUT2D eigenvalue weighted by Gasteiger charge is 2.37. The molecular weight excluding hydrogens is 388 g/mol. The molecule has 3 aromatic rings. The van der Waals surface area contributed by atoms with Gasteiger partial charge in [-0.15, -0.1) is 0 Å². The molecule has 0 spiro atoms. The van der Waals surface area contributed by atoms with Gasteiger partial charge in [0.2, 0.25) is 5.95 Å². The van der Waals surface area contributed by atoms with Crippen molar-refractivity contribution in [2.24, 2.45) is 0 Å². The maximum absolute atomic E-state index is 13.0. The van der Waals surface area contributed by atoms with Crippen LogP contribution in [0.3, 0.4) is 0 Å². The van der Waals surface area contributed by atoms with Gasteiger partial charge in [-0.2, -0.15) is 0 Å². The van der Waals surface area contributed by atoms with Crippen molar-refractivity contribution in [2.75, 3.05) is 25.5 Å². The molecule has 1 aliphatic rings. The summed E-state index contributed by atoms with van der Waals surface area (Å²) in [5.41, 5.74) is 3.78. The standard InChI is InChI=1S/C25H28N4O2/c1-3-26-24-27-16-18-15-25(14-13-21(18)29-24,19-9-5-4-6-10-19)17-28-23(30)20-11-7-8-12-22(20)31-2/h4-12,16H,3,13-15,17H2,1-2H3,(H,28,30)(H,26,27,29). The van der Waals surface area contributed by atoms with E-state index in [2.05, 4.69) is 39.9 Å². The third kappa shape index (κ3) is 4.38. The van der Waals surface area contributed by atoms with Crippen LogP contribution in [-0.4, -0.2) is 36.1 Å². The molecule has 31 heavy (non-hydrogen) atoms. The molecule has 160 valence electrons. The third-order valence-electron chi connectivity index (χ3n) is 5.98. The van der Waals surface area contributed by atoms with Crippen LogP contribution in [0.25, 0.3) is 0 Å².